The number of nitrogens with zero attached hydrogens (tertiary/aromatic N) is 4. The zero-order valence-corrected chi connectivity index (χ0v) is 17.5. The molecule has 2 aromatic heterocycles. The summed E-state index contributed by atoms with van der Waals surface area (Å²) in [4.78, 5) is 11.0. The number of pyridine rings is 1. The number of anilines is 2. The highest BCUT2D eigenvalue weighted by molar-refractivity contribution is 6.35. The maximum absolute atomic E-state index is 6.09. The second-order valence-electron chi connectivity index (χ2n) is 8.17. The van der Waals surface area contributed by atoms with E-state index in [1.54, 1.807) is 18.2 Å². The molecule has 8 heteroatoms. The number of hydrogen-bond donors (Lipinski definition) is 1. The van der Waals surface area contributed by atoms with Crippen molar-refractivity contribution in [2.75, 3.05) is 23.3 Å². The van der Waals surface area contributed by atoms with E-state index in [4.69, 9.17) is 27.7 Å². The van der Waals surface area contributed by atoms with Gasteiger partial charge in [0.2, 0.25) is 5.82 Å². The predicted octanol–water partition coefficient (Wildman–Crippen LogP) is 5.22. The van der Waals surface area contributed by atoms with Gasteiger partial charge in [0.1, 0.15) is 0 Å². The van der Waals surface area contributed by atoms with Crippen LogP contribution >= 0.6 is 23.2 Å². The molecule has 0 amide bonds. The third-order valence-corrected chi connectivity index (χ3v) is 6.31. The van der Waals surface area contributed by atoms with Crippen LogP contribution in [0.5, 0.6) is 0 Å². The van der Waals surface area contributed by atoms with Crippen LogP contribution in [0.1, 0.15) is 25.0 Å². The summed E-state index contributed by atoms with van der Waals surface area (Å²) >= 11 is 12.2. The molecule has 150 valence electrons. The molecule has 1 spiro atoms. The fourth-order valence-electron chi connectivity index (χ4n) is 4.53. The van der Waals surface area contributed by atoms with Crippen LogP contribution in [0.4, 0.5) is 11.7 Å². The Bertz CT molecular complexity index is 1030. The minimum Gasteiger partial charge on any atom is -0.382 e. The van der Waals surface area contributed by atoms with Gasteiger partial charge in [-0.05, 0) is 61.9 Å². The van der Waals surface area contributed by atoms with E-state index in [-0.39, 0.29) is 0 Å². The lowest BCUT2D eigenvalue weighted by Crippen LogP contribution is -2.46. The molecule has 0 unspecified atom stereocenters. The predicted molar refractivity (Wildman–Crippen MR) is 115 cm³/mol. The topological polar surface area (TPSA) is 67.1 Å². The zero-order valence-electron chi connectivity index (χ0n) is 16.0. The second kappa shape index (κ2) is 7.18. The normalized spacial score (nSPS) is 23.4. The average Bonchev–Trinajstić information content (AvgIpc) is 3.28. The highest BCUT2D eigenvalue weighted by atomic mass is 35.5. The van der Waals surface area contributed by atoms with Crippen molar-refractivity contribution < 1.29 is 4.52 Å². The van der Waals surface area contributed by atoms with E-state index in [2.05, 4.69) is 31.4 Å². The molecule has 29 heavy (non-hydrogen) atoms. The maximum atomic E-state index is 6.09. The number of nitrogens with one attached hydrogen (secondary N) is 1. The van der Waals surface area contributed by atoms with Crippen molar-refractivity contribution >= 4 is 34.9 Å². The van der Waals surface area contributed by atoms with E-state index in [0.717, 1.165) is 49.3 Å². The van der Waals surface area contributed by atoms with Gasteiger partial charge >= 0.3 is 6.01 Å². The summed E-state index contributed by atoms with van der Waals surface area (Å²) in [5, 5.41) is 8.85. The highest BCUT2D eigenvalue weighted by Gasteiger charge is 2.49. The molecule has 2 fully saturated rings. The molecule has 1 saturated carbocycles. The van der Waals surface area contributed by atoms with Crippen LogP contribution in [-0.4, -0.2) is 34.3 Å². The van der Waals surface area contributed by atoms with Crippen LogP contribution < -0.4 is 10.2 Å². The third-order valence-electron chi connectivity index (χ3n) is 5.87. The van der Waals surface area contributed by atoms with Gasteiger partial charge in [0.05, 0.1) is 0 Å². The SMILES string of the molecule is Cc1cc(NC2CC3(CCN(c4nc(-c5cc(Cl)cc(Cl)c5)no4)C3)C2)ccn1. The molecular formula is C21H21Cl2N5O. The molecule has 1 saturated heterocycles. The summed E-state index contributed by atoms with van der Waals surface area (Å²) in [7, 11) is 0. The van der Waals surface area contributed by atoms with Crippen molar-refractivity contribution in [2.45, 2.75) is 32.2 Å². The first kappa shape index (κ1) is 18.7. The van der Waals surface area contributed by atoms with Crippen LogP contribution in [-0.2, 0) is 0 Å². The van der Waals surface area contributed by atoms with Gasteiger partial charge in [-0.3, -0.25) is 4.98 Å². The average molecular weight is 430 g/mol. The van der Waals surface area contributed by atoms with Gasteiger partial charge in [-0.25, -0.2) is 0 Å². The van der Waals surface area contributed by atoms with Gasteiger partial charge in [-0.2, -0.15) is 4.98 Å². The van der Waals surface area contributed by atoms with E-state index in [1.807, 2.05) is 19.2 Å². The number of benzene rings is 1. The molecule has 6 nitrogen and oxygen atoms in total. The molecule has 1 aliphatic carbocycles. The summed E-state index contributed by atoms with van der Waals surface area (Å²) < 4.78 is 5.54. The van der Waals surface area contributed by atoms with E-state index in [0.29, 0.717) is 33.3 Å². The summed E-state index contributed by atoms with van der Waals surface area (Å²) in [5.41, 5.74) is 3.26. The van der Waals surface area contributed by atoms with E-state index >= 15 is 0 Å². The standard InChI is InChI=1S/C21H21Cl2N5O/c1-13-6-17(2-4-24-13)25-18-10-21(11-18)3-5-28(12-21)20-26-19(27-29-20)14-7-15(22)9-16(23)8-14/h2,4,6-9,18H,3,5,10-12H2,1H3,(H,24,25). The van der Waals surface area contributed by atoms with Crippen LogP contribution in [0.25, 0.3) is 11.4 Å². The fraction of sp³-hybridized carbons (Fsp3) is 0.381. The molecular weight excluding hydrogens is 409 g/mol. The van der Waals surface area contributed by atoms with E-state index < -0.39 is 0 Å². The van der Waals surface area contributed by atoms with Crippen LogP contribution in [0.3, 0.4) is 0 Å². The smallest absolute Gasteiger partial charge is 0.324 e. The first-order valence-electron chi connectivity index (χ1n) is 9.72. The largest absolute Gasteiger partial charge is 0.382 e. The van der Waals surface area contributed by atoms with Gasteiger partial charge < -0.3 is 14.7 Å². The fourth-order valence-corrected chi connectivity index (χ4v) is 5.06. The van der Waals surface area contributed by atoms with Crippen molar-refractivity contribution in [3.05, 3.63) is 52.3 Å². The first-order valence-corrected chi connectivity index (χ1v) is 10.5. The number of hydrogen-bond acceptors (Lipinski definition) is 6. The Balaban J connectivity index is 1.22. The summed E-state index contributed by atoms with van der Waals surface area (Å²) in [5.74, 6) is 0.506. The van der Waals surface area contributed by atoms with Crippen LogP contribution in [0, 0.1) is 12.3 Å². The number of aromatic nitrogens is 3. The lowest BCUT2D eigenvalue weighted by atomic mass is 9.65. The van der Waals surface area contributed by atoms with Gasteiger partial charge in [0, 0.05) is 52.3 Å². The van der Waals surface area contributed by atoms with Gasteiger partial charge in [0.15, 0.2) is 0 Å². The molecule has 0 radical (unpaired) electrons. The van der Waals surface area contributed by atoms with Crippen LogP contribution in [0.2, 0.25) is 10.0 Å². The van der Waals surface area contributed by atoms with Crippen molar-refractivity contribution in [1.29, 1.82) is 0 Å². The molecule has 0 bridgehead atoms. The Kier molecular flexibility index (Phi) is 4.63. The van der Waals surface area contributed by atoms with Gasteiger partial charge in [-0.1, -0.05) is 28.4 Å². The van der Waals surface area contributed by atoms with E-state index in [1.165, 1.54) is 0 Å². The lowest BCUT2D eigenvalue weighted by Gasteiger charge is -2.45. The quantitative estimate of drug-likeness (QED) is 0.613. The van der Waals surface area contributed by atoms with Crippen molar-refractivity contribution in [3.8, 4) is 11.4 Å². The molecule has 1 aromatic carbocycles. The lowest BCUT2D eigenvalue weighted by molar-refractivity contribution is 0.144. The van der Waals surface area contributed by atoms with Gasteiger partial charge in [-0.15, -0.1) is 0 Å². The second-order valence-corrected chi connectivity index (χ2v) is 9.04. The maximum Gasteiger partial charge on any atom is 0.324 e. The highest BCUT2D eigenvalue weighted by Crippen LogP contribution is 2.49. The number of aryl methyl sites for hydroxylation is 1. The zero-order chi connectivity index (χ0) is 20.0. The van der Waals surface area contributed by atoms with Crippen LogP contribution in [0.15, 0.2) is 41.1 Å². The first-order chi connectivity index (χ1) is 14.0. The molecule has 1 aliphatic heterocycles. The number of rotatable bonds is 4. The molecule has 5 rings (SSSR count). The van der Waals surface area contributed by atoms with E-state index in [9.17, 15) is 0 Å². The summed E-state index contributed by atoms with van der Waals surface area (Å²) in [6, 6.07) is 10.5. The summed E-state index contributed by atoms with van der Waals surface area (Å²) in [6.45, 7) is 3.88. The summed E-state index contributed by atoms with van der Waals surface area (Å²) in [6.07, 6.45) is 5.29. The minimum absolute atomic E-state index is 0.327. The molecule has 3 heterocycles. The van der Waals surface area contributed by atoms with Crippen molar-refractivity contribution in [1.82, 2.24) is 15.1 Å². The Labute approximate surface area is 179 Å². The minimum atomic E-state index is 0.327. The van der Waals surface area contributed by atoms with Crippen molar-refractivity contribution in [3.63, 3.8) is 0 Å². The Hall–Kier alpha value is -2.31. The molecule has 3 aromatic rings. The van der Waals surface area contributed by atoms with Gasteiger partial charge in [0.25, 0.3) is 0 Å². The Morgan fingerprint density at radius 2 is 1.97 bits per heavy atom. The Morgan fingerprint density at radius 1 is 1.17 bits per heavy atom. The monoisotopic (exact) mass is 429 g/mol. The Morgan fingerprint density at radius 3 is 2.72 bits per heavy atom. The number of halogens is 2. The molecule has 1 N–H and O–H groups in total. The molecule has 0 atom stereocenters. The third kappa shape index (κ3) is 3.79. The molecule has 2 aliphatic rings. The van der Waals surface area contributed by atoms with Crippen molar-refractivity contribution in [2.24, 2.45) is 5.41 Å².